The maximum absolute atomic E-state index is 13.0. The fraction of sp³-hybridized carbons (Fsp3) is 0.588. The van der Waals surface area contributed by atoms with E-state index in [1.807, 2.05) is 6.92 Å². The maximum atomic E-state index is 13.0. The van der Waals surface area contributed by atoms with Gasteiger partial charge >= 0.3 is 18.3 Å². The molecule has 1 aromatic carbocycles. The predicted molar refractivity (Wildman–Crippen MR) is 80.1 cm³/mol. The normalized spacial score (nSPS) is 12.3. The highest BCUT2D eigenvalue weighted by molar-refractivity contribution is 5.93. The summed E-state index contributed by atoms with van der Waals surface area (Å²) in [7, 11) is 0. The van der Waals surface area contributed by atoms with E-state index < -0.39 is 35.0 Å². The predicted octanol–water partition coefficient (Wildman–Crippen LogP) is 6.24. The fourth-order valence-corrected chi connectivity index (χ4v) is 2.36. The quantitative estimate of drug-likeness (QED) is 0.307. The minimum Gasteiger partial charge on any atom is -0.462 e. The number of halogens is 6. The van der Waals surface area contributed by atoms with E-state index in [4.69, 9.17) is 0 Å². The first-order valence-electron chi connectivity index (χ1n) is 8.03. The van der Waals surface area contributed by atoms with Crippen LogP contribution in [0.15, 0.2) is 18.2 Å². The van der Waals surface area contributed by atoms with Crippen molar-refractivity contribution in [2.45, 2.75) is 57.8 Å². The molecule has 0 radical (unpaired) electrons. The molecule has 0 unspecified atom stereocenters. The number of hydrogen-bond acceptors (Lipinski definition) is 2. The van der Waals surface area contributed by atoms with E-state index in [1.165, 1.54) is 0 Å². The van der Waals surface area contributed by atoms with Gasteiger partial charge in [-0.25, -0.2) is 4.79 Å². The summed E-state index contributed by atoms with van der Waals surface area (Å²) in [5.74, 6) is -1.60. The second kappa shape index (κ2) is 9.10. The molecule has 0 spiro atoms. The van der Waals surface area contributed by atoms with Gasteiger partial charge in [-0.2, -0.15) is 26.3 Å². The summed E-state index contributed by atoms with van der Waals surface area (Å²) in [5.41, 5.74) is -4.76. The van der Waals surface area contributed by atoms with Crippen molar-refractivity contribution < 1.29 is 35.9 Å². The number of hydrogen-bond donors (Lipinski definition) is 0. The van der Waals surface area contributed by atoms with Crippen molar-refractivity contribution >= 4 is 5.97 Å². The van der Waals surface area contributed by atoms with Crippen molar-refractivity contribution in [1.29, 1.82) is 0 Å². The first-order valence-corrected chi connectivity index (χ1v) is 8.03. The molecule has 0 aromatic heterocycles. The first-order chi connectivity index (χ1) is 11.6. The number of benzene rings is 1. The van der Waals surface area contributed by atoms with Crippen LogP contribution in [0.1, 0.15) is 66.9 Å². The molecule has 0 heterocycles. The first kappa shape index (κ1) is 21.3. The molecule has 0 fully saturated rings. The summed E-state index contributed by atoms with van der Waals surface area (Å²) in [6.45, 7) is 1.83. The van der Waals surface area contributed by atoms with E-state index in [-0.39, 0.29) is 6.61 Å². The van der Waals surface area contributed by atoms with Gasteiger partial charge in [0.15, 0.2) is 0 Å². The van der Waals surface area contributed by atoms with Crippen LogP contribution in [-0.4, -0.2) is 12.6 Å². The smallest absolute Gasteiger partial charge is 0.417 e. The Morgan fingerprint density at radius 3 is 1.84 bits per heavy atom. The third-order valence-electron chi connectivity index (χ3n) is 3.61. The number of carbonyl (C=O) groups excluding carboxylic acids is 1. The number of carbonyl (C=O) groups is 1. The molecular weight excluding hydrogens is 350 g/mol. The van der Waals surface area contributed by atoms with E-state index in [2.05, 4.69) is 4.74 Å². The maximum Gasteiger partial charge on any atom is 0.417 e. The van der Waals surface area contributed by atoms with Gasteiger partial charge < -0.3 is 4.74 Å². The van der Waals surface area contributed by atoms with E-state index in [0.717, 1.165) is 25.7 Å². The Labute approximate surface area is 142 Å². The van der Waals surface area contributed by atoms with Crippen LogP contribution in [0.5, 0.6) is 0 Å². The highest BCUT2D eigenvalue weighted by Crippen LogP contribution is 2.39. The molecule has 1 rings (SSSR count). The molecule has 0 bridgehead atoms. The Kier molecular flexibility index (Phi) is 7.76. The van der Waals surface area contributed by atoms with Gasteiger partial charge in [0.2, 0.25) is 0 Å². The molecule has 0 aliphatic carbocycles. The van der Waals surface area contributed by atoms with Crippen LogP contribution in [0.4, 0.5) is 26.3 Å². The number of rotatable bonds is 8. The largest absolute Gasteiger partial charge is 0.462 e. The van der Waals surface area contributed by atoms with Gasteiger partial charge in [0.05, 0.1) is 23.3 Å². The molecule has 1 aromatic rings. The fourth-order valence-electron chi connectivity index (χ4n) is 2.36. The van der Waals surface area contributed by atoms with E-state index >= 15 is 0 Å². The van der Waals surface area contributed by atoms with Gasteiger partial charge in [0.25, 0.3) is 0 Å². The lowest BCUT2D eigenvalue weighted by atomic mass is 10.00. The number of esters is 1. The number of ether oxygens (including phenoxy) is 1. The van der Waals surface area contributed by atoms with Crippen LogP contribution in [0, 0.1) is 0 Å². The SMILES string of the molecule is CCCCCCCCOC(=O)c1c(C(F)(F)F)cccc1C(F)(F)F. The molecule has 2 nitrogen and oxygen atoms in total. The van der Waals surface area contributed by atoms with Crippen molar-refractivity contribution in [1.82, 2.24) is 0 Å². The van der Waals surface area contributed by atoms with Gasteiger partial charge in [-0.3, -0.25) is 0 Å². The zero-order valence-electron chi connectivity index (χ0n) is 13.8. The summed E-state index contributed by atoms with van der Waals surface area (Å²) in [5, 5.41) is 0. The summed E-state index contributed by atoms with van der Waals surface area (Å²) >= 11 is 0. The molecule has 0 atom stereocenters. The highest BCUT2D eigenvalue weighted by Gasteiger charge is 2.43. The van der Waals surface area contributed by atoms with Crippen molar-refractivity contribution in [2.24, 2.45) is 0 Å². The second-order valence-electron chi connectivity index (χ2n) is 5.63. The lowest BCUT2D eigenvalue weighted by molar-refractivity contribution is -0.144. The van der Waals surface area contributed by atoms with Crippen LogP contribution in [-0.2, 0) is 17.1 Å². The Balaban J connectivity index is 2.85. The monoisotopic (exact) mass is 370 g/mol. The molecular formula is C17H20F6O2. The molecule has 0 N–H and O–H groups in total. The molecule has 8 heteroatoms. The average Bonchev–Trinajstić information content (AvgIpc) is 2.51. The lowest BCUT2D eigenvalue weighted by Gasteiger charge is -2.17. The standard InChI is InChI=1S/C17H20F6O2/c1-2-3-4-5-6-7-11-25-15(24)14-12(16(18,19)20)9-8-10-13(14)17(21,22)23/h8-10H,2-7,11H2,1H3. The Morgan fingerprint density at radius 2 is 1.36 bits per heavy atom. The molecule has 25 heavy (non-hydrogen) atoms. The molecule has 0 amide bonds. The van der Waals surface area contributed by atoms with Gasteiger partial charge in [-0.15, -0.1) is 0 Å². The summed E-state index contributed by atoms with van der Waals surface area (Å²) in [6.07, 6.45) is -5.13. The molecule has 142 valence electrons. The lowest BCUT2D eigenvalue weighted by Crippen LogP contribution is -2.21. The highest BCUT2D eigenvalue weighted by atomic mass is 19.4. The molecule has 0 saturated heterocycles. The van der Waals surface area contributed by atoms with Crippen molar-refractivity contribution in [2.75, 3.05) is 6.61 Å². The Hall–Kier alpha value is -1.73. The van der Waals surface area contributed by atoms with Crippen LogP contribution in [0.25, 0.3) is 0 Å². The third kappa shape index (κ3) is 6.59. The van der Waals surface area contributed by atoms with Gasteiger partial charge in [0, 0.05) is 0 Å². The van der Waals surface area contributed by atoms with E-state index in [1.54, 1.807) is 0 Å². The van der Waals surface area contributed by atoms with E-state index in [9.17, 15) is 31.1 Å². The second-order valence-corrected chi connectivity index (χ2v) is 5.63. The van der Waals surface area contributed by atoms with Crippen molar-refractivity contribution in [3.63, 3.8) is 0 Å². The number of alkyl halides is 6. The zero-order chi connectivity index (χ0) is 19.1. The number of unbranched alkanes of at least 4 members (excludes halogenated alkanes) is 5. The van der Waals surface area contributed by atoms with Crippen LogP contribution in [0.2, 0.25) is 0 Å². The Bertz CT molecular complexity index is 531. The topological polar surface area (TPSA) is 26.3 Å². The van der Waals surface area contributed by atoms with Gasteiger partial charge in [0.1, 0.15) is 0 Å². The van der Waals surface area contributed by atoms with Crippen molar-refractivity contribution in [3.05, 3.63) is 34.9 Å². The summed E-state index contributed by atoms with van der Waals surface area (Å²) in [4.78, 5) is 11.9. The van der Waals surface area contributed by atoms with E-state index in [0.29, 0.717) is 31.0 Å². The Morgan fingerprint density at radius 1 is 0.880 bits per heavy atom. The minimum atomic E-state index is -5.09. The molecule has 0 aliphatic rings. The summed E-state index contributed by atoms with van der Waals surface area (Å²) in [6, 6.07) is 1.50. The minimum absolute atomic E-state index is 0.214. The van der Waals surface area contributed by atoms with Crippen LogP contribution in [0.3, 0.4) is 0 Å². The van der Waals surface area contributed by atoms with Crippen LogP contribution >= 0.6 is 0 Å². The van der Waals surface area contributed by atoms with Gasteiger partial charge in [-0.1, -0.05) is 45.1 Å². The summed E-state index contributed by atoms with van der Waals surface area (Å²) < 4.78 is 82.4. The molecule has 0 saturated carbocycles. The van der Waals surface area contributed by atoms with Gasteiger partial charge in [-0.05, 0) is 18.6 Å². The third-order valence-corrected chi connectivity index (χ3v) is 3.61. The average molecular weight is 370 g/mol. The van der Waals surface area contributed by atoms with Crippen LogP contribution < -0.4 is 0 Å². The van der Waals surface area contributed by atoms with Crippen molar-refractivity contribution in [3.8, 4) is 0 Å². The molecule has 0 aliphatic heterocycles. The zero-order valence-corrected chi connectivity index (χ0v) is 13.8.